The van der Waals surface area contributed by atoms with E-state index in [1.807, 2.05) is 0 Å². The molecule has 0 spiro atoms. The Bertz CT molecular complexity index is 260. The highest BCUT2D eigenvalue weighted by atomic mass is 14.9. The van der Waals surface area contributed by atoms with Crippen LogP contribution in [0.2, 0.25) is 0 Å². The Hall–Kier alpha value is -0.0800. The van der Waals surface area contributed by atoms with Crippen LogP contribution in [0.15, 0.2) is 0 Å². The molecule has 19 heavy (non-hydrogen) atoms. The van der Waals surface area contributed by atoms with Gasteiger partial charge in [0, 0.05) is 13.1 Å². The van der Waals surface area contributed by atoms with Gasteiger partial charge >= 0.3 is 0 Å². The molecular formula is C17H34N2. The van der Waals surface area contributed by atoms with Crippen LogP contribution in [0, 0.1) is 16.7 Å². The second kappa shape index (κ2) is 6.58. The third-order valence-electron chi connectivity index (χ3n) is 5.60. The van der Waals surface area contributed by atoms with Gasteiger partial charge in [-0.25, -0.2) is 0 Å². The van der Waals surface area contributed by atoms with E-state index in [2.05, 4.69) is 19.2 Å². The number of hydrogen-bond acceptors (Lipinski definition) is 2. The highest BCUT2D eigenvalue weighted by Crippen LogP contribution is 2.43. The fraction of sp³-hybridized carbons (Fsp3) is 1.00. The van der Waals surface area contributed by atoms with Crippen molar-refractivity contribution in [1.82, 2.24) is 5.32 Å². The maximum absolute atomic E-state index is 6.04. The van der Waals surface area contributed by atoms with Gasteiger partial charge in [-0.1, -0.05) is 39.5 Å². The van der Waals surface area contributed by atoms with Crippen molar-refractivity contribution in [2.45, 2.75) is 71.6 Å². The molecule has 2 aliphatic carbocycles. The molecule has 2 nitrogen and oxygen atoms in total. The number of rotatable bonds is 7. The molecule has 3 N–H and O–H groups in total. The van der Waals surface area contributed by atoms with E-state index in [9.17, 15) is 0 Å². The first-order valence-corrected chi connectivity index (χ1v) is 8.51. The Morgan fingerprint density at radius 2 is 1.37 bits per heavy atom. The molecule has 2 saturated carbocycles. The van der Waals surface area contributed by atoms with E-state index in [1.54, 1.807) is 0 Å². The van der Waals surface area contributed by atoms with Crippen LogP contribution in [0.3, 0.4) is 0 Å². The van der Waals surface area contributed by atoms with Gasteiger partial charge < -0.3 is 11.1 Å². The lowest BCUT2D eigenvalue weighted by Gasteiger charge is -2.34. The molecule has 0 aliphatic heterocycles. The summed E-state index contributed by atoms with van der Waals surface area (Å²) in [5, 5.41) is 3.83. The van der Waals surface area contributed by atoms with Crippen LogP contribution >= 0.6 is 0 Å². The molecule has 0 aromatic carbocycles. The normalized spacial score (nSPS) is 25.3. The topological polar surface area (TPSA) is 38.0 Å². The first-order valence-electron chi connectivity index (χ1n) is 8.51. The molecule has 0 aromatic rings. The lowest BCUT2D eigenvalue weighted by Crippen LogP contribution is -2.42. The van der Waals surface area contributed by atoms with Crippen molar-refractivity contribution in [1.29, 1.82) is 0 Å². The van der Waals surface area contributed by atoms with Crippen LogP contribution < -0.4 is 11.1 Å². The third kappa shape index (κ3) is 3.95. The summed E-state index contributed by atoms with van der Waals surface area (Å²) < 4.78 is 0. The van der Waals surface area contributed by atoms with Gasteiger partial charge in [0.2, 0.25) is 0 Å². The molecule has 2 rings (SSSR count). The van der Waals surface area contributed by atoms with Gasteiger partial charge in [0.1, 0.15) is 0 Å². The van der Waals surface area contributed by atoms with E-state index < -0.39 is 0 Å². The van der Waals surface area contributed by atoms with E-state index in [0.717, 1.165) is 19.0 Å². The molecule has 2 heteroatoms. The molecule has 0 atom stereocenters. The fourth-order valence-electron chi connectivity index (χ4n) is 4.61. The van der Waals surface area contributed by atoms with Crippen LogP contribution in [-0.2, 0) is 0 Å². The Balaban J connectivity index is 1.82. The van der Waals surface area contributed by atoms with E-state index >= 15 is 0 Å². The summed E-state index contributed by atoms with van der Waals surface area (Å²) in [6.45, 7) is 8.00. The summed E-state index contributed by atoms with van der Waals surface area (Å²) in [6.07, 6.45) is 12.6. The summed E-state index contributed by atoms with van der Waals surface area (Å²) in [5.74, 6) is 0.829. The maximum Gasteiger partial charge on any atom is 0.00201 e. The Morgan fingerprint density at radius 3 is 1.84 bits per heavy atom. The third-order valence-corrected chi connectivity index (χ3v) is 5.60. The standard InChI is InChI=1S/C17H34N2/c1-15(2)11-16(7-3-4-8-16)13-19-14-17(12-18)9-5-6-10-17/h15,19H,3-14,18H2,1-2H3. The van der Waals surface area contributed by atoms with Crippen molar-refractivity contribution in [3.63, 3.8) is 0 Å². The summed E-state index contributed by atoms with van der Waals surface area (Å²) in [6, 6.07) is 0. The molecule has 0 radical (unpaired) electrons. The SMILES string of the molecule is CC(C)CC1(CNCC2(CN)CCCC2)CCCC1. The van der Waals surface area contributed by atoms with Crippen LogP contribution in [0.25, 0.3) is 0 Å². The zero-order valence-corrected chi connectivity index (χ0v) is 13.1. The summed E-state index contributed by atoms with van der Waals surface area (Å²) >= 11 is 0. The number of nitrogens with one attached hydrogen (secondary N) is 1. The Kier molecular flexibility index (Phi) is 5.30. The first kappa shape index (κ1) is 15.3. The largest absolute Gasteiger partial charge is 0.330 e. The van der Waals surface area contributed by atoms with Crippen molar-refractivity contribution < 1.29 is 0 Å². The molecule has 0 aromatic heterocycles. The average molecular weight is 266 g/mol. The predicted octanol–water partition coefficient (Wildman–Crippen LogP) is 3.70. The molecule has 2 aliphatic rings. The monoisotopic (exact) mass is 266 g/mol. The van der Waals surface area contributed by atoms with Gasteiger partial charge in [-0.05, 0) is 55.4 Å². The van der Waals surface area contributed by atoms with Crippen LogP contribution in [0.5, 0.6) is 0 Å². The highest BCUT2D eigenvalue weighted by molar-refractivity contribution is 4.91. The number of hydrogen-bond donors (Lipinski definition) is 2. The maximum atomic E-state index is 6.04. The van der Waals surface area contributed by atoms with Gasteiger partial charge in [-0.2, -0.15) is 0 Å². The minimum atomic E-state index is 0.428. The molecule has 112 valence electrons. The lowest BCUT2D eigenvalue weighted by molar-refractivity contribution is 0.202. The quantitative estimate of drug-likeness (QED) is 0.737. The van der Waals surface area contributed by atoms with E-state index in [-0.39, 0.29) is 0 Å². The number of nitrogens with two attached hydrogens (primary N) is 1. The Morgan fingerprint density at radius 1 is 0.895 bits per heavy atom. The van der Waals surface area contributed by atoms with E-state index in [1.165, 1.54) is 64.3 Å². The van der Waals surface area contributed by atoms with E-state index in [4.69, 9.17) is 5.73 Å². The van der Waals surface area contributed by atoms with Crippen LogP contribution in [-0.4, -0.2) is 19.6 Å². The van der Waals surface area contributed by atoms with Crippen molar-refractivity contribution in [2.24, 2.45) is 22.5 Å². The van der Waals surface area contributed by atoms with E-state index in [0.29, 0.717) is 10.8 Å². The van der Waals surface area contributed by atoms with Gasteiger partial charge in [0.05, 0.1) is 0 Å². The summed E-state index contributed by atoms with van der Waals surface area (Å²) in [7, 11) is 0. The zero-order chi connectivity index (χ0) is 13.8. The lowest BCUT2D eigenvalue weighted by atomic mass is 9.78. The van der Waals surface area contributed by atoms with Gasteiger partial charge in [0.25, 0.3) is 0 Å². The van der Waals surface area contributed by atoms with Crippen molar-refractivity contribution in [3.05, 3.63) is 0 Å². The Labute approximate surface area is 119 Å². The van der Waals surface area contributed by atoms with Gasteiger partial charge in [0.15, 0.2) is 0 Å². The minimum absolute atomic E-state index is 0.428. The van der Waals surface area contributed by atoms with Crippen molar-refractivity contribution >= 4 is 0 Å². The highest BCUT2D eigenvalue weighted by Gasteiger charge is 2.36. The van der Waals surface area contributed by atoms with Crippen LogP contribution in [0.1, 0.15) is 71.6 Å². The predicted molar refractivity (Wildman–Crippen MR) is 83.2 cm³/mol. The minimum Gasteiger partial charge on any atom is -0.330 e. The van der Waals surface area contributed by atoms with Crippen molar-refractivity contribution in [3.8, 4) is 0 Å². The summed E-state index contributed by atoms with van der Waals surface area (Å²) in [5.41, 5.74) is 7.06. The smallest absolute Gasteiger partial charge is 0.00201 e. The molecule has 0 amide bonds. The zero-order valence-electron chi connectivity index (χ0n) is 13.1. The molecule has 2 fully saturated rings. The second-order valence-electron chi connectivity index (χ2n) is 7.82. The fourth-order valence-corrected chi connectivity index (χ4v) is 4.61. The van der Waals surface area contributed by atoms with Gasteiger partial charge in [-0.15, -0.1) is 0 Å². The molecule has 0 unspecified atom stereocenters. The molecule has 0 saturated heterocycles. The van der Waals surface area contributed by atoms with Gasteiger partial charge in [-0.3, -0.25) is 0 Å². The van der Waals surface area contributed by atoms with Crippen LogP contribution in [0.4, 0.5) is 0 Å². The molecule has 0 bridgehead atoms. The average Bonchev–Trinajstić information content (AvgIpc) is 2.99. The first-order chi connectivity index (χ1) is 9.10. The molecular weight excluding hydrogens is 232 g/mol. The van der Waals surface area contributed by atoms with Crippen molar-refractivity contribution in [2.75, 3.05) is 19.6 Å². The molecule has 0 heterocycles. The summed E-state index contributed by atoms with van der Waals surface area (Å²) in [4.78, 5) is 0. The second-order valence-corrected chi connectivity index (χ2v) is 7.82.